The normalized spacial score (nSPS) is 22.2. The fraction of sp³-hybridized carbons (Fsp3) is 0.533. The van der Waals surface area contributed by atoms with Crippen LogP contribution in [0.1, 0.15) is 18.4 Å². The predicted octanol–water partition coefficient (Wildman–Crippen LogP) is 2.98. The maximum Gasteiger partial charge on any atom is 0.317 e. The maximum atomic E-state index is 12.3. The summed E-state index contributed by atoms with van der Waals surface area (Å²) in [6.45, 7) is 4.19. The molecule has 21 heavy (non-hydrogen) atoms. The molecule has 1 atom stereocenters. The van der Waals surface area contributed by atoms with Crippen LogP contribution >= 0.6 is 23.2 Å². The third-order valence-electron chi connectivity index (χ3n) is 4.31. The minimum Gasteiger partial charge on any atom is -0.334 e. The summed E-state index contributed by atoms with van der Waals surface area (Å²) in [6.07, 6.45) is 2.45. The molecular formula is C15H19Cl2N3O. The highest BCUT2D eigenvalue weighted by Gasteiger charge is 2.32. The van der Waals surface area contributed by atoms with E-state index in [4.69, 9.17) is 23.2 Å². The summed E-state index contributed by atoms with van der Waals surface area (Å²) in [6, 6.07) is 5.81. The molecule has 2 heterocycles. The van der Waals surface area contributed by atoms with Gasteiger partial charge in [-0.15, -0.1) is 0 Å². The molecule has 0 bridgehead atoms. The molecule has 2 saturated heterocycles. The quantitative estimate of drug-likeness (QED) is 0.906. The number of fused-ring (bicyclic) bond motifs is 1. The highest BCUT2D eigenvalue weighted by Crippen LogP contribution is 2.22. The average molecular weight is 328 g/mol. The van der Waals surface area contributed by atoms with Crippen LogP contribution in [0.3, 0.4) is 0 Å². The van der Waals surface area contributed by atoms with Gasteiger partial charge in [-0.05, 0) is 43.1 Å². The van der Waals surface area contributed by atoms with Crippen molar-refractivity contribution in [3.63, 3.8) is 0 Å². The Morgan fingerprint density at radius 2 is 2.14 bits per heavy atom. The monoisotopic (exact) mass is 327 g/mol. The highest BCUT2D eigenvalue weighted by molar-refractivity contribution is 6.33. The minimum absolute atomic E-state index is 0.0161. The molecule has 3 rings (SSSR count). The molecule has 0 aromatic heterocycles. The van der Waals surface area contributed by atoms with E-state index in [-0.39, 0.29) is 6.03 Å². The number of urea groups is 1. The lowest BCUT2D eigenvalue weighted by molar-refractivity contribution is 0.117. The van der Waals surface area contributed by atoms with Gasteiger partial charge < -0.3 is 10.2 Å². The van der Waals surface area contributed by atoms with Crippen molar-refractivity contribution in [2.75, 3.05) is 26.2 Å². The number of hydrogen-bond donors (Lipinski definition) is 1. The number of carbonyl (C=O) groups is 1. The molecule has 0 spiro atoms. The Morgan fingerprint density at radius 3 is 3.00 bits per heavy atom. The number of carbonyl (C=O) groups excluding carboxylic acids is 1. The van der Waals surface area contributed by atoms with E-state index in [1.807, 2.05) is 4.90 Å². The van der Waals surface area contributed by atoms with Crippen LogP contribution < -0.4 is 5.32 Å². The van der Waals surface area contributed by atoms with Crippen molar-refractivity contribution < 1.29 is 4.79 Å². The molecule has 6 heteroatoms. The van der Waals surface area contributed by atoms with Crippen LogP contribution in [-0.4, -0.2) is 48.1 Å². The Labute approximate surface area is 135 Å². The van der Waals surface area contributed by atoms with E-state index in [1.54, 1.807) is 18.2 Å². The largest absolute Gasteiger partial charge is 0.334 e. The Morgan fingerprint density at radius 1 is 1.29 bits per heavy atom. The minimum atomic E-state index is -0.0161. The van der Waals surface area contributed by atoms with E-state index in [0.717, 1.165) is 25.2 Å². The number of nitrogens with one attached hydrogen (secondary N) is 1. The van der Waals surface area contributed by atoms with Crippen LogP contribution in [0.5, 0.6) is 0 Å². The fourth-order valence-corrected chi connectivity index (χ4v) is 3.52. The topological polar surface area (TPSA) is 35.6 Å². The number of hydrogen-bond acceptors (Lipinski definition) is 2. The molecule has 0 radical (unpaired) electrons. The summed E-state index contributed by atoms with van der Waals surface area (Å²) in [5.74, 6) is 0. The molecular weight excluding hydrogens is 309 g/mol. The molecule has 114 valence electrons. The molecule has 0 saturated carbocycles. The molecule has 2 aliphatic heterocycles. The lowest BCUT2D eigenvalue weighted by Gasteiger charge is -2.37. The van der Waals surface area contributed by atoms with E-state index in [1.165, 1.54) is 19.4 Å². The van der Waals surface area contributed by atoms with E-state index in [0.29, 0.717) is 22.6 Å². The van der Waals surface area contributed by atoms with E-state index in [2.05, 4.69) is 10.2 Å². The first-order valence-corrected chi connectivity index (χ1v) is 8.10. The lowest BCUT2D eigenvalue weighted by Crippen LogP contribution is -2.54. The molecule has 2 fully saturated rings. The Balaban J connectivity index is 1.55. The third kappa shape index (κ3) is 3.44. The zero-order valence-corrected chi connectivity index (χ0v) is 13.3. The van der Waals surface area contributed by atoms with Gasteiger partial charge in [-0.1, -0.05) is 23.2 Å². The summed E-state index contributed by atoms with van der Waals surface area (Å²) in [5.41, 5.74) is 0.844. The van der Waals surface area contributed by atoms with Crippen molar-refractivity contribution in [1.29, 1.82) is 0 Å². The summed E-state index contributed by atoms with van der Waals surface area (Å²) >= 11 is 12.1. The fourth-order valence-electron chi connectivity index (χ4n) is 3.14. The standard InChI is InChI=1S/C15H19Cl2N3O/c16-12-3-4-14(17)11(8-12)9-18-15(21)20-7-6-19-5-1-2-13(19)10-20/h3-4,8,13H,1-2,5-7,9-10H2,(H,18,21)/t13-/m1/s1. The number of rotatable bonds is 2. The van der Waals surface area contributed by atoms with Gasteiger partial charge in [-0.3, -0.25) is 4.90 Å². The predicted molar refractivity (Wildman–Crippen MR) is 84.9 cm³/mol. The Kier molecular flexibility index (Phi) is 4.57. The van der Waals surface area contributed by atoms with Crippen molar-refractivity contribution in [3.05, 3.63) is 33.8 Å². The second-order valence-corrected chi connectivity index (χ2v) is 6.52. The molecule has 0 unspecified atom stereocenters. The van der Waals surface area contributed by atoms with Crippen molar-refractivity contribution in [3.8, 4) is 0 Å². The molecule has 4 nitrogen and oxygen atoms in total. The van der Waals surface area contributed by atoms with Crippen LogP contribution in [0.4, 0.5) is 4.79 Å². The molecule has 1 N–H and O–H groups in total. The number of piperazine rings is 1. The number of amides is 2. The van der Waals surface area contributed by atoms with Gasteiger partial charge in [-0.25, -0.2) is 4.79 Å². The summed E-state index contributed by atoms with van der Waals surface area (Å²) in [5, 5.41) is 4.20. The molecule has 1 aromatic carbocycles. The Hall–Kier alpha value is -0.970. The van der Waals surface area contributed by atoms with Crippen molar-refractivity contribution in [2.45, 2.75) is 25.4 Å². The van der Waals surface area contributed by atoms with Crippen LogP contribution in [0.2, 0.25) is 10.0 Å². The van der Waals surface area contributed by atoms with Gasteiger partial charge in [-0.2, -0.15) is 0 Å². The van der Waals surface area contributed by atoms with Crippen LogP contribution in [0, 0.1) is 0 Å². The molecule has 2 amide bonds. The lowest BCUT2D eigenvalue weighted by atomic mass is 10.1. The Bertz CT molecular complexity index is 538. The SMILES string of the molecule is O=C(NCc1cc(Cl)ccc1Cl)N1CCN2CCC[C@@H]2C1. The van der Waals surface area contributed by atoms with Crippen molar-refractivity contribution in [2.24, 2.45) is 0 Å². The van der Waals surface area contributed by atoms with Crippen LogP contribution in [0.15, 0.2) is 18.2 Å². The second kappa shape index (κ2) is 6.42. The highest BCUT2D eigenvalue weighted by atomic mass is 35.5. The summed E-state index contributed by atoms with van der Waals surface area (Å²) in [4.78, 5) is 16.7. The van der Waals surface area contributed by atoms with Gasteiger partial charge in [0.2, 0.25) is 0 Å². The van der Waals surface area contributed by atoms with E-state index in [9.17, 15) is 4.79 Å². The smallest absolute Gasteiger partial charge is 0.317 e. The van der Waals surface area contributed by atoms with Gasteiger partial charge in [0, 0.05) is 42.3 Å². The number of halogens is 2. The van der Waals surface area contributed by atoms with E-state index >= 15 is 0 Å². The summed E-state index contributed by atoms with van der Waals surface area (Å²) in [7, 11) is 0. The average Bonchev–Trinajstić information content (AvgIpc) is 2.95. The van der Waals surface area contributed by atoms with Crippen LogP contribution in [0.25, 0.3) is 0 Å². The second-order valence-electron chi connectivity index (χ2n) is 5.67. The number of nitrogens with zero attached hydrogens (tertiary/aromatic N) is 2. The first-order chi connectivity index (χ1) is 10.1. The molecule has 1 aromatic rings. The zero-order chi connectivity index (χ0) is 14.8. The van der Waals surface area contributed by atoms with Gasteiger partial charge >= 0.3 is 6.03 Å². The zero-order valence-electron chi connectivity index (χ0n) is 11.8. The number of benzene rings is 1. The summed E-state index contributed by atoms with van der Waals surface area (Å²) < 4.78 is 0. The van der Waals surface area contributed by atoms with Crippen molar-refractivity contribution >= 4 is 29.2 Å². The van der Waals surface area contributed by atoms with Gasteiger partial charge in [0.05, 0.1) is 0 Å². The van der Waals surface area contributed by atoms with Gasteiger partial charge in [0.15, 0.2) is 0 Å². The third-order valence-corrected chi connectivity index (χ3v) is 4.92. The first kappa shape index (κ1) is 14.9. The van der Waals surface area contributed by atoms with Crippen molar-refractivity contribution in [1.82, 2.24) is 15.1 Å². The van der Waals surface area contributed by atoms with E-state index < -0.39 is 0 Å². The first-order valence-electron chi connectivity index (χ1n) is 7.34. The van der Waals surface area contributed by atoms with Gasteiger partial charge in [0.25, 0.3) is 0 Å². The maximum absolute atomic E-state index is 12.3. The molecule has 0 aliphatic carbocycles. The van der Waals surface area contributed by atoms with Gasteiger partial charge in [0.1, 0.15) is 0 Å². The molecule has 2 aliphatic rings. The van der Waals surface area contributed by atoms with Crippen LogP contribution in [-0.2, 0) is 6.54 Å².